The monoisotopic (exact) mass is 272 g/mol. The van der Waals surface area contributed by atoms with Crippen molar-refractivity contribution in [1.29, 1.82) is 0 Å². The average molecular weight is 272 g/mol. The highest BCUT2D eigenvalue weighted by Crippen LogP contribution is 2.12. The van der Waals surface area contributed by atoms with Crippen molar-refractivity contribution >= 4 is 22.9 Å². The molecular formula is C16H20N2O2. The summed E-state index contributed by atoms with van der Waals surface area (Å²) in [4.78, 5) is 20.6. The molecule has 0 amide bonds. The number of benzene rings is 1. The van der Waals surface area contributed by atoms with Crippen LogP contribution in [0.1, 0.15) is 13.8 Å². The maximum Gasteiger partial charge on any atom is 0.178 e. The number of allylic oxidation sites excluding steroid dienone is 4. The van der Waals surface area contributed by atoms with Crippen molar-refractivity contribution in [2.45, 2.75) is 13.8 Å². The molecule has 0 heterocycles. The average Bonchev–Trinajstić information content (AvgIpc) is 2.46. The molecule has 106 valence electrons. The van der Waals surface area contributed by atoms with E-state index in [2.05, 4.69) is 48.7 Å². The summed E-state index contributed by atoms with van der Waals surface area (Å²) < 4.78 is 0. The van der Waals surface area contributed by atoms with Crippen LogP contribution in [-0.4, -0.2) is 24.7 Å². The number of ketones is 2. The van der Waals surface area contributed by atoms with E-state index < -0.39 is 0 Å². The second kappa shape index (κ2) is 8.69. The van der Waals surface area contributed by atoms with Gasteiger partial charge in [0.15, 0.2) is 11.6 Å². The third-order valence-electron chi connectivity index (χ3n) is 2.47. The quantitative estimate of drug-likeness (QED) is 0.827. The molecule has 4 nitrogen and oxygen atoms in total. The summed E-state index contributed by atoms with van der Waals surface area (Å²) in [5.74, 6) is -0.241. The Bertz CT molecular complexity index is 439. The highest BCUT2D eigenvalue weighted by Gasteiger charge is 1.97. The molecule has 0 unspecified atom stereocenters. The van der Waals surface area contributed by atoms with E-state index in [-0.39, 0.29) is 11.6 Å². The molecule has 0 saturated carbocycles. The lowest BCUT2D eigenvalue weighted by atomic mass is 10.2. The van der Waals surface area contributed by atoms with Gasteiger partial charge in [-0.1, -0.05) is 0 Å². The standard InChI is InChI=1S/C10H16N2.C6H4O2/c1-3-11-9-5-7-10(8-6-9)12-4-2;7-5-1-2-6(8)4-3-5/h5-8,11-12H,3-4H2,1-2H3;1-4H. The van der Waals surface area contributed by atoms with Crippen molar-refractivity contribution in [1.82, 2.24) is 0 Å². The van der Waals surface area contributed by atoms with Gasteiger partial charge in [0.1, 0.15) is 0 Å². The summed E-state index contributed by atoms with van der Waals surface area (Å²) >= 11 is 0. The fourth-order valence-electron chi connectivity index (χ4n) is 1.55. The van der Waals surface area contributed by atoms with Crippen molar-refractivity contribution in [2.24, 2.45) is 0 Å². The molecule has 2 rings (SSSR count). The van der Waals surface area contributed by atoms with Crippen LogP contribution in [0.4, 0.5) is 11.4 Å². The van der Waals surface area contributed by atoms with Crippen molar-refractivity contribution < 1.29 is 9.59 Å². The topological polar surface area (TPSA) is 58.2 Å². The molecule has 0 saturated heterocycles. The summed E-state index contributed by atoms with van der Waals surface area (Å²) in [5.41, 5.74) is 2.36. The maximum absolute atomic E-state index is 10.3. The minimum Gasteiger partial charge on any atom is -0.385 e. The van der Waals surface area contributed by atoms with Crippen molar-refractivity contribution in [3.63, 3.8) is 0 Å². The van der Waals surface area contributed by atoms with Gasteiger partial charge in [-0.05, 0) is 62.4 Å². The Morgan fingerprint density at radius 3 is 1.25 bits per heavy atom. The molecular weight excluding hydrogens is 252 g/mol. The predicted molar refractivity (Wildman–Crippen MR) is 83.1 cm³/mol. The molecule has 20 heavy (non-hydrogen) atoms. The first-order chi connectivity index (χ1) is 9.65. The van der Waals surface area contributed by atoms with Crippen LogP contribution in [0.2, 0.25) is 0 Å². The smallest absolute Gasteiger partial charge is 0.178 e. The van der Waals surface area contributed by atoms with Crippen LogP contribution in [0.3, 0.4) is 0 Å². The van der Waals surface area contributed by atoms with E-state index in [4.69, 9.17) is 0 Å². The lowest BCUT2D eigenvalue weighted by Crippen LogP contribution is -1.98. The van der Waals surface area contributed by atoms with Gasteiger partial charge in [-0.15, -0.1) is 0 Å². The van der Waals surface area contributed by atoms with Crippen LogP contribution in [0.15, 0.2) is 48.6 Å². The molecule has 0 fully saturated rings. The third-order valence-corrected chi connectivity index (χ3v) is 2.47. The lowest BCUT2D eigenvalue weighted by Gasteiger charge is -2.05. The zero-order chi connectivity index (χ0) is 14.8. The molecule has 2 N–H and O–H groups in total. The van der Waals surface area contributed by atoms with Crippen molar-refractivity contribution in [2.75, 3.05) is 23.7 Å². The fraction of sp³-hybridized carbons (Fsp3) is 0.250. The van der Waals surface area contributed by atoms with Crippen LogP contribution in [-0.2, 0) is 9.59 Å². The van der Waals surface area contributed by atoms with Gasteiger partial charge in [-0.25, -0.2) is 0 Å². The summed E-state index contributed by atoms with van der Waals surface area (Å²) in [6.07, 6.45) is 5.01. The van der Waals surface area contributed by atoms with Gasteiger partial charge in [-0.3, -0.25) is 9.59 Å². The number of carbonyl (C=O) groups is 2. The second-order valence-electron chi connectivity index (χ2n) is 4.11. The molecule has 1 aliphatic rings. The Morgan fingerprint density at radius 1 is 0.700 bits per heavy atom. The van der Waals surface area contributed by atoms with Crippen molar-refractivity contribution in [3.05, 3.63) is 48.6 Å². The van der Waals surface area contributed by atoms with Gasteiger partial charge >= 0.3 is 0 Å². The van der Waals surface area contributed by atoms with Gasteiger partial charge in [0, 0.05) is 24.5 Å². The van der Waals surface area contributed by atoms with Gasteiger partial charge in [0.25, 0.3) is 0 Å². The molecule has 0 aromatic heterocycles. The maximum atomic E-state index is 10.3. The molecule has 0 spiro atoms. The van der Waals surface area contributed by atoms with E-state index in [9.17, 15) is 9.59 Å². The first-order valence-corrected chi connectivity index (χ1v) is 6.67. The molecule has 1 aliphatic carbocycles. The first kappa shape index (κ1) is 15.7. The van der Waals surface area contributed by atoms with Crippen molar-refractivity contribution in [3.8, 4) is 0 Å². The Morgan fingerprint density at radius 2 is 1.00 bits per heavy atom. The Labute approximate surface area is 119 Å². The predicted octanol–water partition coefficient (Wildman–Crippen LogP) is 2.80. The number of hydrogen-bond acceptors (Lipinski definition) is 4. The summed E-state index contributed by atoms with van der Waals surface area (Å²) in [6.45, 7) is 6.14. The van der Waals surface area contributed by atoms with E-state index in [0.717, 1.165) is 13.1 Å². The zero-order valence-corrected chi connectivity index (χ0v) is 11.8. The largest absolute Gasteiger partial charge is 0.385 e. The molecule has 0 atom stereocenters. The summed E-state index contributed by atoms with van der Waals surface area (Å²) in [7, 11) is 0. The first-order valence-electron chi connectivity index (χ1n) is 6.67. The van der Waals surface area contributed by atoms with E-state index in [1.54, 1.807) is 0 Å². The van der Waals surface area contributed by atoms with Gasteiger partial charge < -0.3 is 10.6 Å². The van der Waals surface area contributed by atoms with E-state index in [1.165, 1.54) is 35.7 Å². The second-order valence-corrected chi connectivity index (χ2v) is 4.11. The fourth-order valence-corrected chi connectivity index (χ4v) is 1.55. The number of anilines is 2. The SMILES string of the molecule is CCNc1ccc(NCC)cc1.O=C1C=CC(=O)C=C1. The van der Waals surface area contributed by atoms with E-state index in [0.29, 0.717) is 0 Å². The highest BCUT2D eigenvalue weighted by molar-refractivity contribution is 6.14. The molecule has 0 radical (unpaired) electrons. The van der Waals surface area contributed by atoms with Crippen LogP contribution >= 0.6 is 0 Å². The molecule has 0 bridgehead atoms. The summed E-state index contributed by atoms with van der Waals surface area (Å²) in [6, 6.07) is 8.34. The minimum atomic E-state index is -0.121. The van der Waals surface area contributed by atoms with Crippen LogP contribution in [0.5, 0.6) is 0 Å². The van der Waals surface area contributed by atoms with Crippen LogP contribution in [0, 0.1) is 0 Å². The van der Waals surface area contributed by atoms with Crippen LogP contribution in [0.25, 0.3) is 0 Å². The normalized spacial score (nSPS) is 12.7. The van der Waals surface area contributed by atoms with Gasteiger partial charge in [0.2, 0.25) is 0 Å². The molecule has 0 aliphatic heterocycles. The minimum absolute atomic E-state index is 0.121. The Balaban J connectivity index is 0.000000217. The van der Waals surface area contributed by atoms with E-state index in [1.807, 2.05) is 0 Å². The zero-order valence-electron chi connectivity index (χ0n) is 11.8. The van der Waals surface area contributed by atoms with Crippen LogP contribution < -0.4 is 10.6 Å². The van der Waals surface area contributed by atoms with E-state index >= 15 is 0 Å². The van der Waals surface area contributed by atoms with Gasteiger partial charge in [-0.2, -0.15) is 0 Å². The number of hydrogen-bond donors (Lipinski definition) is 2. The lowest BCUT2D eigenvalue weighted by molar-refractivity contribution is -0.113. The summed E-state index contributed by atoms with van der Waals surface area (Å²) in [5, 5.41) is 6.50. The molecule has 1 aromatic carbocycles. The van der Waals surface area contributed by atoms with Gasteiger partial charge in [0.05, 0.1) is 0 Å². The Hall–Kier alpha value is -2.36. The Kier molecular flexibility index (Phi) is 6.82. The number of nitrogens with one attached hydrogen (secondary N) is 2. The molecule has 1 aromatic rings. The third kappa shape index (κ3) is 6.00. The number of rotatable bonds is 4. The molecule has 4 heteroatoms. The number of carbonyl (C=O) groups excluding carboxylic acids is 2. The highest BCUT2D eigenvalue weighted by atomic mass is 16.1.